The zero-order valence-corrected chi connectivity index (χ0v) is 22.1. The molecule has 2 aromatic rings. The van der Waals surface area contributed by atoms with E-state index < -0.39 is 11.2 Å². The number of nitrogens with two attached hydrogens (primary N) is 1. The van der Waals surface area contributed by atoms with Crippen LogP contribution in [0.15, 0.2) is 52.9 Å². The van der Waals surface area contributed by atoms with E-state index in [9.17, 15) is 9.35 Å². The zero-order valence-electron chi connectivity index (χ0n) is 19.1. The first-order valence-electron chi connectivity index (χ1n) is 11.2. The molecule has 1 atom stereocenters. The van der Waals surface area contributed by atoms with Crippen LogP contribution in [0.3, 0.4) is 0 Å². The SMILES string of the molecule is CC1=C(CC(=O)N2CCN(CCN)CC2)c2ccc(I)cc2/C1=C\c1ccc([S+](C)[O-])cc1. The van der Waals surface area contributed by atoms with Crippen LogP contribution in [-0.2, 0) is 16.0 Å². The highest BCUT2D eigenvalue weighted by Crippen LogP contribution is 2.44. The average Bonchev–Trinajstić information content (AvgIpc) is 3.05. The van der Waals surface area contributed by atoms with Gasteiger partial charge in [0, 0.05) is 42.8 Å². The predicted molar refractivity (Wildman–Crippen MR) is 145 cm³/mol. The van der Waals surface area contributed by atoms with E-state index in [1.807, 2.05) is 29.2 Å². The van der Waals surface area contributed by atoms with Crippen molar-refractivity contribution in [3.63, 3.8) is 0 Å². The summed E-state index contributed by atoms with van der Waals surface area (Å²) in [6.45, 7) is 6.97. The Bertz CT molecular complexity index is 1090. The van der Waals surface area contributed by atoms with Crippen LogP contribution >= 0.6 is 22.6 Å². The molecule has 1 fully saturated rings. The van der Waals surface area contributed by atoms with Crippen molar-refractivity contribution >= 4 is 56.9 Å². The van der Waals surface area contributed by atoms with Gasteiger partial charge < -0.3 is 15.2 Å². The van der Waals surface area contributed by atoms with Gasteiger partial charge >= 0.3 is 0 Å². The lowest BCUT2D eigenvalue weighted by atomic mass is 10.0. The number of carbonyl (C=O) groups is 1. The standard InChI is InChI=1S/C26H30IN3O2S/c1-18-23(15-19-3-6-21(7-4-19)33(2)32)25-16-20(27)5-8-22(25)24(18)17-26(31)30-13-11-29(10-9-28)12-14-30/h3-8,15-16H,9-14,17,28H2,1-2H3/b23-15-. The number of rotatable bonds is 6. The smallest absolute Gasteiger partial charge is 0.227 e. The van der Waals surface area contributed by atoms with Gasteiger partial charge in [-0.25, -0.2) is 0 Å². The van der Waals surface area contributed by atoms with E-state index in [2.05, 4.69) is 58.7 Å². The van der Waals surface area contributed by atoms with Crippen molar-refractivity contribution in [2.45, 2.75) is 18.2 Å². The van der Waals surface area contributed by atoms with Crippen molar-refractivity contribution in [2.24, 2.45) is 5.73 Å². The second-order valence-corrected chi connectivity index (χ2v) is 11.2. The number of fused-ring (bicyclic) bond motifs is 1. The number of nitrogens with zero attached hydrogens (tertiary/aromatic N) is 2. The zero-order chi connectivity index (χ0) is 23.5. The van der Waals surface area contributed by atoms with Gasteiger partial charge in [0.05, 0.1) is 6.42 Å². The summed E-state index contributed by atoms with van der Waals surface area (Å²) in [7, 11) is 0. The van der Waals surface area contributed by atoms with Crippen LogP contribution in [0.1, 0.15) is 30.0 Å². The number of hydrogen-bond acceptors (Lipinski definition) is 4. The highest BCUT2D eigenvalue weighted by molar-refractivity contribution is 14.1. The molecule has 2 aliphatic rings. The van der Waals surface area contributed by atoms with E-state index in [4.69, 9.17) is 5.73 Å². The van der Waals surface area contributed by atoms with Crippen LogP contribution in [0.25, 0.3) is 17.2 Å². The maximum Gasteiger partial charge on any atom is 0.227 e. The molecule has 2 aromatic carbocycles. The molecule has 1 aliphatic heterocycles. The molecule has 174 valence electrons. The molecule has 5 nitrogen and oxygen atoms in total. The Hall–Kier alpha value is -1.65. The quantitative estimate of drug-likeness (QED) is 0.420. The Morgan fingerprint density at radius 3 is 2.45 bits per heavy atom. The van der Waals surface area contributed by atoms with Gasteiger partial charge in [0.25, 0.3) is 0 Å². The van der Waals surface area contributed by atoms with Crippen molar-refractivity contribution in [1.82, 2.24) is 9.80 Å². The van der Waals surface area contributed by atoms with Gasteiger partial charge in [0.15, 0.2) is 4.90 Å². The van der Waals surface area contributed by atoms with E-state index >= 15 is 0 Å². The Morgan fingerprint density at radius 1 is 1.12 bits per heavy atom. The molecular weight excluding hydrogens is 545 g/mol. The highest BCUT2D eigenvalue weighted by atomic mass is 127. The van der Waals surface area contributed by atoms with E-state index in [1.165, 1.54) is 9.13 Å². The molecule has 1 unspecified atom stereocenters. The van der Waals surface area contributed by atoms with Crippen LogP contribution < -0.4 is 5.73 Å². The summed E-state index contributed by atoms with van der Waals surface area (Å²) < 4.78 is 12.9. The monoisotopic (exact) mass is 575 g/mol. The Morgan fingerprint density at radius 2 is 1.82 bits per heavy atom. The first-order chi connectivity index (χ1) is 15.9. The van der Waals surface area contributed by atoms with Crippen molar-refractivity contribution in [3.05, 3.63) is 68.3 Å². The van der Waals surface area contributed by atoms with Gasteiger partial charge in [0.1, 0.15) is 6.26 Å². The third-order valence-electron chi connectivity index (χ3n) is 6.47. The average molecular weight is 576 g/mol. The topological polar surface area (TPSA) is 72.6 Å². The summed E-state index contributed by atoms with van der Waals surface area (Å²) in [6.07, 6.45) is 4.29. The fraction of sp³-hybridized carbons (Fsp3) is 0.346. The van der Waals surface area contributed by atoms with E-state index in [1.54, 1.807) is 6.26 Å². The van der Waals surface area contributed by atoms with E-state index in [-0.39, 0.29) is 5.91 Å². The Labute approximate surface area is 213 Å². The van der Waals surface area contributed by atoms with Crippen LogP contribution in [-0.4, -0.2) is 65.8 Å². The minimum Gasteiger partial charge on any atom is -0.612 e. The van der Waals surface area contributed by atoms with Gasteiger partial charge in [-0.3, -0.25) is 9.69 Å². The number of benzene rings is 2. The van der Waals surface area contributed by atoms with Gasteiger partial charge in [-0.2, -0.15) is 0 Å². The Balaban J connectivity index is 1.60. The Kier molecular flexibility index (Phi) is 7.96. The lowest BCUT2D eigenvalue weighted by Crippen LogP contribution is -2.49. The minimum absolute atomic E-state index is 0.192. The maximum atomic E-state index is 13.2. The molecule has 0 saturated carbocycles. The third-order valence-corrected chi connectivity index (χ3v) is 8.08. The number of allylic oxidation sites excluding steroid dienone is 2. The van der Waals surface area contributed by atoms with Crippen LogP contribution in [0.4, 0.5) is 0 Å². The van der Waals surface area contributed by atoms with Crippen molar-refractivity contribution < 1.29 is 9.35 Å². The fourth-order valence-electron chi connectivity index (χ4n) is 4.57. The highest BCUT2D eigenvalue weighted by Gasteiger charge is 2.28. The molecule has 2 N–H and O–H groups in total. The molecule has 7 heteroatoms. The number of piperazine rings is 1. The van der Waals surface area contributed by atoms with E-state index in [0.717, 1.165) is 65.5 Å². The fourth-order valence-corrected chi connectivity index (χ4v) is 5.58. The molecule has 0 radical (unpaired) electrons. The second-order valence-electron chi connectivity index (χ2n) is 8.56. The summed E-state index contributed by atoms with van der Waals surface area (Å²) >= 11 is 1.35. The molecule has 1 aliphatic carbocycles. The summed E-state index contributed by atoms with van der Waals surface area (Å²) in [5, 5.41) is 0. The normalized spacial score (nSPS) is 18.7. The molecule has 0 spiro atoms. The molecule has 1 amide bonds. The second kappa shape index (κ2) is 10.7. The van der Waals surface area contributed by atoms with Crippen molar-refractivity contribution in [1.29, 1.82) is 0 Å². The largest absolute Gasteiger partial charge is 0.612 e. The number of carbonyl (C=O) groups excluding carboxylic acids is 1. The van der Waals surface area contributed by atoms with Gasteiger partial charge in [-0.15, -0.1) is 0 Å². The lowest BCUT2D eigenvalue weighted by molar-refractivity contribution is -0.131. The minimum atomic E-state index is -0.989. The van der Waals surface area contributed by atoms with Crippen LogP contribution in [0.5, 0.6) is 0 Å². The molecule has 0 aromatic heterocycles. The number of halogens is 1. The summed E-state index contributed by atoms with van der Waals surface area (Å²) in [4.78, 5) is 18.3. The van der Waals surface area contributed by atoms with Crippen LogP contribution in [0, 0.1) is 3.57 Å². The van der Waals surface area contributed by atoms with Crippen molar-refractivity contribution in [3.8, 4) is 0 Å². The molecule has 4 rings (SSSR count). The maximum absolute atomic E-state index is 13.2. The summed E-state index contributed by atoms with van der Waals surface area (Å²) in [5.74, 6) is 0.192. The van der Waals surface area contributed by atoms with E-state index in [0.29, 0.717) is 13.0 Å². The molecule has 1 heterocycles. The molecular formula is C26H30IN3O2S. The first kappa shape index (κ1) is 24.5. The lowest BCUT2D eigenvalue weighted by Gasteiger charge is -2.34. The molecule has 0 bridgehead atoms. The molecule has 33 heavy (non-hydrogen) atoms. The van der Waals surface area contributed by atoms with Crippen LogP contribution in [0.2, 0.25) is 0 Å². The van der Waals surface area contributed by atoms with Gasteiger partial charge in [-0.05, 0) is 117 Å². The summed E-state index contributed by atoms with van der Waals surface area (Å²) in [6, 6.07) is 14.3. The third kappa shape index (κ3) is 5.54. The number of hydrogen-bond donors (Lipinski definition) is 1. The van der Waals surface area contributed by atoms with Crippen molar-refractivity contribution in [2.75, 3.05) is 45.5 Å². The van der Waals surface area contributed by atoms with Gasteiger partial charge in [0.2, 0.25) is 5.91 Å². The van der Waals surface area contributed by atoms with Gasteiger partial charge in [-0.1, -0.05) is 6.07 Å². The summed E-state index contributed by atoms with van der Waals surface area (Å²) in [5.41, 5.74) is 12.5. The molecule has 1 saturated heterocycles. The predicted octanol–water partition coefficient (Wildman–Crippen LogP) is 3.85. The number of amides is 1. The first-order valence-corrected chi connectivity index (χ1v) is 13.9.